The maximum Gasteiger partial charge on any atom is 0.242 e. The molecule has 0 bridgehead atoms. The molecule has 0 aromatic heterocycles. The van der Waals surface area contributed by atoms with Gasteiger partial charge < -0.3 is 10.2 Å². The molecule has 4 nitrogen and oxygen atoms in total. The molecule has 0 heterocycles. The average Bonchev–Trinajstić information content (AvgIpc) is 2.78. The van der Waals surface area contributed by atoms with E-state index < -0.39 is 6.04 Å². The lowest BCUT2D eigenvalue weighted by Gasteiger charge is -2.31. The number of rotatable bonds is 8. The minimum atomic E-state index is -0.599. The van der Waals surface area contributed by atoms with Crippen LogP contribution in [0.15, 0.2) is 53.4 Å². The van der Waals surface area contributed by atoms with Crippen LogP contribution in [0.3, 0.4) is 0 Å². The molecule has 1 atom stereocenters. The summed E-state index contributed by atoms with van der Waals surface area (Å²) in [5, 5.41) is 3.13. The van der Waals surface area contributed by atoms with Crippen molar-refractivity contribution < 1.29 is 14.0 Å². The number of hydrogen-bond donors (Lipinski definition) is 1. The van der Waals surface area contributed by atoms with Crippen molar-refractivity contribution in [3.63, 3.8) is 0 Å². The lowest BCUT2D eigenvalue weighted by Crippen LogP contribution is -2.50. The van der Waals surface area contributed by atoms with Crippen molar-refractivity contribution >= 4 is 23.6 Å². The summed E-state index contributed by atoms with van der Waals surface area (Å²) in [5.74, 6) is -0.311. The molecule has 1 saturated carbocycles. The van der Waals surface area contributed by atoms with E-state index in [1.165, 1.54) is 35.9 Å². The first-order chi connectivity index (χ1) is 14.9. The maximum atomic E-state index is 13.3. The first-order valence-electron chi connectivity index (χ1n) is 11.0. The van der Waals surface area contributed by atoms with Gasteiger partial charge in [-0.1, -0.05) is 49.1 Å². The van der Waals surface area contributed by atoms with Crippen LogP contribution in [0.25, 0.3) is 0 Å². The molecule has 1 fully saturated rings. The molecule has 0 spiro atoms. The standard InChI is InChI=1S/C25H31FN2O2S/c1-18-8-14-23(15-9-18)31-17-24(29)28(16-20-10-12-21(26)13-11-20)19(2)25(30)27-22-6-4-3-5-7-22/h8-15,19,22H,3-7,16-17H2,1-2H3,(H,27,30)/t19-/m0/s1. The second-order valence-electron chi connectivity index (χ2n) is 8.27. The van der Waals surface area contributed by atoms with E-state index in [4.69, 9.17) is 0 Å². The van der Waals surface area contributed by atoms with Gasteiger partial charge in [0.15, 0.2) is 0 Å². The zero-order valence-corrected chi connectivity index (χ0v) is 19.1. The van der Waals surface area contributed by atoms with Gasteiger partial charge in [0.05, 0.1) is 5.75 Å². The molecule has 31 heavy (non-hydrogen) atoms. The summed E-state index contributed by atoms with van der Waals surface area (Å²) < 4.78 is 13.3. The summed E-state index contributed by atoms with van der Waals surface area (Å²) in [6.07, 6.45) is 5.46. The highest BCUT2D eigenvalue weighted by Crippen LogP contribution is 2.21. The number of nitrogens with one attached hydrogen (secondary N) is 1. The van der Waals surface area contributed by atoms with Crippen molar-refractivity contribution in [1.82, 2.24) is 10.2 Å². The van der Waals surface area contributed by atoms with Crippen LogP contribution in [-0.2, 0) is 16.1 Å². The molecule has 6 heteroatoms. The Balaban J connectivity index is 1.69. The number of aryl methyl sites for hydroxylation is 1. The van der Waals surface area contributed by atoms with Crippen LogP contribution in [0.4, 0.5) is 4.39 Å². The van der Waals surface area contributed by atoms with E-state index in [2.05, 4.69) is 5.32 Å². The third-order valence-electron chi connectivity index (χ3n) is 5.77. The predicted octanol–water partition coefficient (Wildman–Crippen LogP) is 5.09. The van der Waals surface area contributed by atoms with Crippen molar-refractivity contribution in [3.8, 4) is 0 Å². The number of benzene rings is 2. The molecule has 166 valence electrons. The van der Waals surface area contributed by atoms with Crippen LogP contribution in [0.2, 0.25) is 0 Å². The molecule has 2 amide bonds. The summed E-state index contributed by atoms with van der Waals surface area (Å²) >= 11 is 1.46. The largest absolute Gasteiger partial charge is 0.352 e. The van der Waals surface area contributed by atoms with Gasteiger partial charge in [0.25, 0.3) is 0 Å². The highest BCUT2D eigenvalue weighted by Gasteiger charge is 2.28. The van der Waals surface area contributed by atoms with Crippen LogP contribution < -0.4 is 5.32 Å². The van der Waals surface area contributed by atoms with Gasteiger partial charge in [-0.05, 0) is 56.5 Å². The van der Waals surface area contributed by atoms with E-state index >= 15 is 0 Å². The van der Waals surface area contributed by atoms with Crippen molar-refractivity contribution in [2.24, 2.45) is 0 Å². The monoisotopic (exact) mass is 442 g/mol. The van der Waals surface area contributed by atoms with Crippen LogP contribution in [0.1, 0.15) is 50.2 Å². The first kappa shape index (κ1) is 23.3. The minimum absolute atomic E-state index is 0.110. The fourth-order valence-corrected chi connectivity index (χ4v) is 4.58. The second-order valence-corrected chi connectivity index (χ2v) is 9.32. The zero-order valence-electron chi connectivity index (χ0n) is 18.3. The number of amides is 2. The Bertz CT molecular complexity index is 864. The molecule has 0 radical (unpaired) electrons. The predicted molar refractivity (Wildman–Crippen MR) is 123 cm³/mol. The molecule has 1 N–H and O–H groups in total. The van der Waals surface area contributed by atoms with E-state index in [-0.39, 0.29) is 36.0 Å². The summed E-state index contributed by atoms with van der Waals surface area (Å²) in [6, 6.07) is 13.7. The third kappa shape index (κ3) is 7.10. The Labute approximate surface area is 188 Å². The first-order valence-corrected chi connectivity index (χ1v) is 11.9. The van der Waals surface area contributed by atoms with Crippen LogP contribution >= 0.6 is 11.8 Å². The van der Waals surface area contributed by atoms with E-state index in [9.17, 15) is 14.0 Å². The van der Waals surface area contributed by atoms with Gasteiger partial charge in [0.1, 0.15) is 11.9 Å². The SMILES string of the molecule is Cc1ccc(SCC(=O)N(Cc2ccc(F)cc2)[C@@H](C)C(=O)NC2CCCCC2)cc1. The van der Waals surface area contributed by atoms with Gasteiger partial charge in [0, 0.05) is 17.5 Å². The summed E-state index contributed by atoms with van der Waals surface area (Å²) in [4.78, 5) is 28.7. The minimum Gasteiger partial charge on any atom is -0.352 e. The number of carbonyl (C=O) groups excluding carboxylic acids is 2. The van der Waals surface area contributed by atoms with E-state index in [1.54, 1.807) is 24.0 Å². The van der Waals surface area contributed by atoms with Crippen LogP contribution in [0.5, 0.6) is 0 Å². The Kier molecular flexibility index (Phi) is 8.52. The molecular formula is C25H31FN2O2S. The Morgan fingerprint density at radius 1 is 1.06 bits per heavy atom. The molecule has 1 aliphatic carbocycles. The molecule has 1 aliphatic rings. The van der Waals surface area contributed by atoms with Crippen LogP contribution in [0, 0.1) is 12.7 Å². The van der Waals surface area contributed by atoms with Crippen molar-refractivity contribution in [2.75, 3.05) is 5.75 Å². The van der Waals surface area contributed by atoms with Crippen molar-refractivity contribution in [2.45, 2.75) is 69.5 Å². The maximum absolute atomic E-state index is 13.3. The fourth-order valence-electron chi connectivity index (χ4n) is 3.80. The van der Waals surface area contributed by atoms with E-state index in [0.717, 1.165) is 36.1 Å². The smallest absolute Gasteiger partial charge is 0.242 e. The summed E-state index contributed by atoms with van der Waals surface area (Å²) in [6.45, 7) is 4.07. The Morgan fingerprint density at radius 3 is 2.35 bits per heavy atom. The quantitative estimate of drug-likeness (QED) is 0.579. The zero-order chi connectivity index (χ0) is 22.2. The molecular weight excluding hydrogens is 411 g/mol. The van der Waals surface area contributed by atoms with Gasteiger partial charge in [-0.25, -0.2) is 4.39 Å². The second kappa shape index (κ2) is 11.3. The molecule has 2 aromatic rings. The number of nitrogens with zero attached hydrogens (tertiary/aromatic N) is 1. The van der Waals surface area contributed by atoms with Crippen molar-refractivity contribution in [1.29, 1.82) is 0 Å². The molecule has 0 aliphatic heterocycles. The topological polar surface area (TPSA) is 49.4 Å². The Hall–Kier alpha value is -2.34. The molecule has 0 unspecified atom stereocenters. The Morgan fingerprint density at radius 2 is 1.71 bits per heavy atom. The number of carbonyl (C=O) groups is 2. The number of halogens is 1. The third-order valence-corrected chi connectivity index (χ3v) is 6.77. The molecule has 3 rings (SSSR count). The fraction of sp³-hybridized carbons (Fsp3) is 0.440. The van der Waals surface area contributed by atoms with E-state index in [0.29, 0.717) is 0 Å². The van der Waals surface area contributed by atoms with Crippen molar-refractivity contribution in [3.05, 3.63) is 65.5 Å². The van der Waals surface area contributed by atoms with Gasteiger partial charge in [-0.2, -0.15) is 0 Å². The summed E-state index contributed by atoms with van der Waals surface area (Å²) in [5.41, 5.74) is 1.97. The number of thioether (sulfide) groups is 1. The average molecular weight is 443 g/mol. The normalized spacial score (nSPS) is 15.3. The molecule has 0 saturated heterocycles. The van der Waals surface area contributed by atoms with Gasteiger partial charge in [0.2, 0.25) is 11.8 Å². The number of hydrogen-bond acceptors (Lipinski definition) is 3. The lowest BCUT2D eigenvalue weighted by molar-refractivity contribution is -0.139. The van der Waals surface area contributed by atoms with E-state index in [1.807, 2.05) is 31.2 Å². The lowest BCUT2D eigenvalue weighted by atomic mass is 9.95. The highest BCUT2D eigenvalue weighted by atomic mass is 32.2. The summed E-state index contributed by atoms with van der Waals surface area (Å²) in [7, 11) is 0. The van der Waals surface area contributed by atoms with Gasteiger partial charge in [-0.3, -0.25) is 9.59 Å². The van der Waals surface area contributed by atoms with Gasteiger partial charge >= 0.3 is 0 Å². The molecule has 2 aromatic carbocycles. The van der Waals surface area contributed by atoms with Crippen LogP contribution in [-0.4, -0.2) is 34.6 Å². The van der Waals surface area contributed by atoms with Gasteiger partial charge in [-0.15, -0.1) is 11.8 Å². The highest BCUT2D eigenvalue weighted by molar-refractivity contribution is 8.00.